The number of carbonyl (C=O) groups is 1. The Morgan fingerprint density at radius 1 is 1.42 bits per heavy atom. The van der Waals surface area contributed by atoms with Gasteiger partial charge in [0.05, 0.1) is 0 Å². The Labute approximate surface area is 75.7 Å². The highest BCUT2D eigenvalue weighted by Gasteiger charge is 2.06. The molecule has 0 aromatic carbocycles. The van der Waals surface area contributed by atoms with Crippen LogP contribution in [0.15, 0.2) is 0 Å². The number of unbranched alkanes of at least 4 members (excludes halogenated alkanes) is 1. The monoisotopic (exact) mass is 170 g/mol. The van der Waals surface area contributed by atoms with Crippen LogP contribution in [0, 0.1) is 6.92 Å². The van der Waals surface area contributed by atoms with Crippen molar-refractivity contribution < 1.29 is 4.79 Å². The third kappa shape index (κ3) is 5.16. The van der Waals surface area contributed by atoms with Crippen LogP contribution >= 0.6 is 0 Å². The van der Waals surface area contributed by atoms with Crippen molar-refractivity contribution in [3.8, 4) is 0 Å². The van der Waals surface area contributed by atoms with Gasteiger partial charge in [-0.1, -0.05) is 27.2 Å². The molecular weight excluding hydrogens is 150 g/mol. The van der Waals surface area contributed by atoms with E-state index in [1.54, 1.807) is 0 Å². The van der Waals surface area contributed by atoms with Gasteiger partial charge in [0, 0.05) is 12.5 Å². The average Bonchev–Trinajstić information content (AvgIpc) is 2.10. The molecule has 0 spiro atoms. The number of amides is 1. The van der Waals surface area contributed by atoms with Crippen LogP contribution in [-0.4, -0.2) is 11.9 Å². The predicted octanol–water partition coefficient (Wildman–Crippen LogP) is 2.30. The normalized spacial score (nSPS) is 10.3. The SMILES string of the molecule is [CH2]CCCC(=O)NC(CC)CC. The minimum Gasteiger partial charge on any atom is -0.353 e. The van der Waals surface area contributed by atoms with Crippen LogP contribution in [0.3, 0.4) is 0 Å². The van der Waals surface area contributed by atoms with Crippen molar-refractivity contribution >= 4 is 5.91 Å². The number of nitrogens with one attached hydrogen (secondary N) is 1. The van der Waals surface area contributed by atoms with Crippen LogP contribution in [0.25, 0.3) is 0 Å². The average molecular weight is 170 g/mol. The highest BCUT2D eigenvalue weighted by Crippen LogP contribution is 1.99. The molecule has 2 nitrogen and oxygen atoms in total. The van der Waals surface area contributed by atoms with Gasteiger partial charge in [-0.05, 0) is 19.3 Å². The summed E-state index contributed by atoms with van der Waals surface area (Å²) in [6.07, 6.45) is 4.40. The van der Waals surface area contributed by atoms with E-state index in [0.29, 0.717) is 12.5 Å². The van der Waals surface area contributed by atoms with E-state index >= 15 is 0 Å². The Morgan fingerprint density at radius 3 is 2.42 bits per heavy atom. The maximum absolute atomic E-state index is 11.2. The van der Waals surface area contributed by atoms with Crippen molar-refractivity contribution in [1.29, 1.82) is 0 Å². The minimum atomic E-state index is 0.173. The van der Waals surface area contributed by atoms with Crippen molar-refractivity contribution in [3.05, 3.63) is 6.92 Å². The van der Waals surface area contributed by atoms with E-state index in [0.717, 1.165) is 25.7 Å². The zero-order valence-corrected chi connectivity index (χ0v) is 8.23. The number of hydrogen-bond acceptors (Lipinski definition) is 1. The molecule has 2 heteroatoms. The van der Waals surface area contributed by atoms with Crippen LogP contribution in [-0.2, 0) is 4.79 Å². The van der Waals surface area contributed by atoms with Crippen molar-refractivity contribution in [2.24, 2.45) is 0 Å². The summed E-state index contributed by atoms with van der Waals surface area (Å²) in [5, 5.41) is 2.98. The molecule has 0 aromatic rings. The third-order valence-corrected chi connectivity index (χ3v) is 2.00. The van der Waals surface area contributed by atoms with E-state index in [9.17, 15) is 4.79 Å². The smallest absolute Gasteiger partial charge is 0.220 e. The number of rotatable bonds is 6. The van der Waals surface area contributed by atoms with E-state index in [1.165, 1.54) is 0 Å². The molecule has 1 amide bonds. The van der Waals surface area contributed by atoms with Gasteiger partial charge in [0.2, 0.25) is 5.91 Å². The lowest BCUT2D eigenvalue weighted by Crippen LogP contribution is -2.33. The van der Waals surface area contributed by atoms with Gasteiger partial charge in [0.15, 0.2) is 0 Å². The lowest BCUT2D eigenvalue weighted by atomic mass is 10.1. The molecule has 0 aliphatic rings. The van der Waals surface area contributed by atoms with Gasteiger partial charge in [-0.3, -0.25) is 4.79 Å². The molecule has 0 bridgehead atoms. The fraction of sp³-hybridized carbons (Fsp3) is 0.800. The number of carbonyl (C=O) groups excluding carboxylic acids is 1. The first kappa shape index (κ1) is 11.5. The van der Waals surface area contributed by atoms with Gasteiger partial charge < -0.3 is 5.32 Å². The van der Waals surface area contributed by atoms with E-state index in [1.807, 2.05) is 0 Å². The van der Waals surface area contributed by atoms with Crippen molar-refractivity contribution in [2.75, 3.05) is 0 Å². The van der Waals surface area contributed by atoms with E-state index in [2.05, 4.69) is 26.1 Å². The molecule has 0 aromatic heterocycles. The fourth-order valence-corrected chi connectivity index (χ4v) is 1.08. The second-order valence-electron chi connectivity index (χ2n) is 3.04. The molecule has 0 aliphatic heterocycles. The zero-order valence-electron chi connectivity index (χ0n) is 8.23. The first-order valence-electron chi connectivity index (χ1n) is 4.83. The molecular formula is C10H20NO. The second-order valence-corrected chi connectivity index (χ2v) is 3.04. The fourth-order valence-electron chi connectivity index (χ4n) is 1.08. The summed E-state index contributed by atoms with van der Waals surface area (Å²) in [7, 11) is 0. The highest BCUT2D eigenvalue weighted by molar-refractivity contribution is 5.76. The Bertz CT molecular complexity index is 119. The zero-order chi connectivity index (χ0) is 9.40. The molecule has 0 fully saturated rings. The van der Waals surface area contributed by atoms with Crippen LogP contribution in [0.1, 0.15) is 46.0 Å². The van der Waals surface area contributed by atoms with Crippen LogP contribution in [0.5, 0.6) is 0 Å². The first-order chi connectivity index (χ1) is 5.74. The molecule has 0 unspecified atom stereocenters. The topological polar surface area (TPSA) is 29.1 Å². The Balaban J connectivity index is 3.52. The Hall–Kier alpha value is -0.530. The Morgan fingerprint density at radius 2 is 2.00 bits per heavy atom. The van der Waals surface area contributed by atoms with Crippen LogP contribution in [0.2, 0.25) is 0 Å². The van der Waals surface area contributed by atoms with Gasteiger partial charge in [-0.15, -0.1) is 0 Å². The lowest BCUT2D eigenvalue weighted by Gasteiger charge is -2.14. The standard InChI is InChI=1S/C10H20NO/c1-4-7-8-10(12)11-9(5-2)6-3/h9H,1,4-8H2,2-3H3,(H,11,12). The molecule has 0 saturated carbocycles. The molecule has 0 heterocycles. The van der Waals surface area contributed by atoms with E-state index < -0.39 is 0 Å². The van der Waals surface area contributed by atoms with Gasteiger partial charge in [0.25, 0.3) is 0 Å². The summed E-state index contributed by atoms with van der Waals surface area (Å²) in [6.45, 7) is 7.88. The van der Waals surface area contributed by atoms with Crippen molar-refractivity contribution in [2.45, 2.75) is 52.0 Å². The highest BCUT2D eigenvalue weighted by atomic mass is 16.1. The summed E-state index contributed by atoms with van der Waals surface area (Å²) in [6, 6.07) is 0.363. The number of hydrogen-bond donors (Lipinski definition) is 1. The van der Waals surface area contributed by atoms with Crippen molar-refractivity contribution in [3.63, 3.8) is 0 Å². The minimum absolute atomic E-state index is 0.173. The molecule has 1 radical (unpaired) electrons. The lowest BCUT2D eigenvalue weighted by molar-refractivity contribution is -0.121. The summed E-state index contributed by atoms with van der Waals surface area (Å²) >= 11 is 0. The van der Waals surface area contributed by atoms with Crippen LogP contribution in [0.4, 0.5) is 0 Å². The summed E-state index contributed by atoms with van der Waals surface area (Å²) in [5.74, 6) is 0.173. The third-order valence-electron chi connectivity index (χ3n) is 2.00. The van der Waals surface area contributed by atoms with Gasteiger partial charge in [-0.2, -0.15) is 0 Å². The summed E-state index contributed by atoms with van der Waals surface area (Å²) < 4.78 is 0. The van der Waals surface area contributed by atoms with Crippen molar-refractivity contribution in [1.82, 2.24) is 5.32 Å². The second kappa shape index (κ2) is 7.14. The van der Waals surface area contributed by atoms with Gasteiger partial charge in [-0.25, -0.2) is 0 Å². The summed E-state index contributed by atoms with van der Waals surface area (Å²) in [5.41, 5.74) is 0. The summed E-state index contributed by atoms with van der Waals surface area (Å²) in [4.78, 5) is 11.2. The van der Waals surface area contributed by atoms with Gasteiger partial charge in [0.1, 0.15) is 0 Å². The molecule has 71 valence electrons. The maximum Gasteiger partial charge on any atom is 0.220 e. The van der Waals surface area contributed by atoms with E-state index in [-0.39, 0.29) is 5.91 Å². The largest absolute Gasteiger partial charge is 0.353 e. The van der Waals surface area contributed by atoms with Crippen LogP contribution < -0.4 is 5.32 Å². The molecule has 12 heavy (non-hydrogen) atoms. The quantitative estimate of drug-likeness (QED) is 0.651. The molecule has 0 aliphatic carbocycles. The molecule has 0 rings (SSSR count). The molecule has 0 atom stereocenters. The maximum atomic E-state index is 11.2. The molecule has 0 saturated heterocycles. The first-order valence-corrected chi connectivity index (χ1v) is 4.83. The Kier molecular flexibility index (Phi) is 6.82. The van der Waals surface area contributed by atoms with Gasteiger partial charge >= 0.3 is 0 Å². The predicted molar refractivity (Wildman–Crippen MR) is 51.7 cm³/mol. The van der Waals surface area contributed by atoms with E-state index in [4.69, 9.17) is 0 Å². The molecule has 1 N–H and O–H groups in total.